The molecular weight excluding hydrogens is 236 g/mol. The Morgan fingerprint density at radius 3 is 2.94 bits per heavy atom. The summed E-state index contributed by atoms with van der Waals surface area (Å²) in [5.41, 5.74) is 1.69. The van der Waals surface area contributed by atoms with E-state index in [1.54, 1.807) is 6.92 Å². The summed E-state index contributed by atoms with van der Waals surface area (Å²) in [6, 6.07) is 8.38. The first-order chi connectivity index (χ1) is 8.22. The van der Waals surface area contributed by atoms with Crippen LogP contribution in [0.25, 0.3) is 11.1 Å². The first kappa shape index (κ1) is 10.7. The third-order valence-corrected chi connectivity index (χ3v) is 3.70. The molecule has 1 aromatic carbocycles. The fourth-order valence-electron chi connectivity index (χ4n) is 1.90. The number of nitrogens with zero attached hydrogens (tertiary/aromatic N) is 2. The number of fused-ring (bicyclic) bond motifs is 1. The lowest BCUT2D eigenvalue weighted by atomic mass is 10.2. The van der Waals surface area contributed by atoms with E-state index in [2.05, 4.69) is 9.88 Å². The molecule has 3 rings (SSSR count). The smallest absolute Gasteiger partial charge is 0.298 e. The number of anilines is 1. The lowest BCUT2D eigenvalue weighted by Crippen LogP contribution is -2.49. The molecule has 2 heterocycles. The molecule has 0 bridgehead atoms. The van der Waals surface area contributed by atoms with Crippen molar-refractivity contribution in [3.8, 4) is 0 Å². The van der Waals surface area contributed by atoms with Gasteiger partial charge in [-0.15, -0.1) is 0 Å². The molecule has 0 unspecified atom stereocenters. The molecule has 17 heavy (non-hydrogen) atoms. The predicted octanol–water partition coefficient (Wildman–Crippen LogP) is 2.30. The van der Waals surface area contributed by atoms with Crippen LogP contribution in [0.5, 0.6) is 0 Å². The Morgan fingerprint density at radius 1 is 1.47 bits per heavy atom. The van der Waals surface area contributed by atoms with Gasteiger partial charge in [-0.1, -0.05) is 23.9 Å². The molecular formula is C12H12N2O2S. The monoisotopic (exact) mass is 248 g/mol. The molecule has 1 fully saturated rings. The molecule has 0 saturated carbocycles. The number of aromatic nitrogens is 1. The maximum atomic E-state index is 10.9. The summed E-state index contributed by atoms with van der Waals surface area (Å²) in [5, 5.41) is 0.551. The second-order valence-electron chi connectivity index (χ2n) is 4.10. The second-order valence-corrected chi connectivity index (χ2v) is 5.58. The molecule has 1 aromatic heterocycles. The Morgan fingerprint density at radius 2 is 2.24 bits per heavy atom. The number of oxazole rings is 1. The number of para-hydroxylation sites is 2. The number of hydrogen-bond acceptors (Lipinski definition) is 5. The Balaban J connectivity index is 1.72. The first-order valence-electron chi connectivity index (χ1n) is 5.50. The van der Waals surface area contributed by atoms with Gasteiger partial charge in [-0.3, -0.25) is 4.79 Å². The van der Waals surface area contributed by atoms with Crippen LogP contribution in [-0.2, 0) is 4.79 Å². The van der Waals surface area contributed by atoms with Crippen molar-refractivity contribution in [2.24, 2.45) is 0 Å². The minimum Gasteiger partial charge on any atom is -0.423 e. The maximum absolute atomic E-state index is 10.9. The molecule has 0 N–H and O–H groups in total. The largest absolute Gasteiger partial charge is 0.423 e. The van der Waals surface area contributed by atoms with Crippen LogP contribution in [0.1, 0.15) is 6.92 Å². The van der Waals surface area contributed by atoms with Gasteiger partial charge in [0.25, 0.3) is 6.01 Å². The van der Waals surface area contributed by atoms with Crippen LogP contribution in [-0.4, -0.2) is 28.4 Å². The van der Waals surface area contributed by atoms with Gasteiger partial charge in [0.15, 0.2) is 10.7 Å². The molecule has 0 spiro atoms. The second kappa shape index (κ2) is 4.07. The lowest BCUT2D eigenvalue weighted by molar-refractivity contribution is -0.109. The maximum Gasteiger partial charge on any atom is 0.298 e. The fourth-order valence-corrected chi connectivity index (χ4v) is 2.88. The van der Waals surface area contributed by atoms with Crippen LogP contribution in [0.4, 0.5) is 6.01 Å². The predicted molar refractivity (Wildman–Crippen MR) is 68.3 cm³/mol. The van der Waals surface area contributed by atoms with Crippen molar-refractivity contribution in [3.05, 3.63) is 24.3 Å². The van der Waals surface area contributed by atoms with Crippen molar-refractivity contribution in [1.82, 2.24) is 4.98 Å². The molecule has 88 valence electrons. The molecule has 0 radical (unpaired) electrons. The van der Waals surface area contributed by atoms with Gasteiger partial charge in [0.1, 0.15) is 5.52 Å². The number of carbonyl (C=O) groups is 1. The van der Waals surface area contributed by atoms with Crippen LogP contribution in [0.15, 0.2) is 28.7 Å². The van der Waals surface area contributed by atoms with Gasteiger partial charge in [0.05, 0.1) is 0 Å². The van der Waals surface area contributed by atoms with Crippen molar-refractivity contribution in [2.75, 3.05) is 18.0 Å². The quantitative estimate of drug-likeness (QED) is 0.816. The van der Waals surface area contributed by atoms with E-state index in [0.29, 0.717) is 11.3 Å². The Bertz CT molecular complexity index is 527. The average Bonchev–Trinajstić information content (AvgIpc) is 2.65. The number of benzene rings is 1. The Labute approximate surface area is 103 Å². The molecule has 1 saturated heterocycles. The van der Waals surface area contributed by atoms with E-state index in [9.17, 15) is 4.79 Å². The minimum atomic E-state index is 0.173. The van der Waals surface area contributed by atoms with E-state index in [1.165, 1.54) is 11.8 Å². The highest BCUT2D eigenvalue weighted by Crippen LogP contribution is 2.29. The third kappa shape index (κ3) is 2.02. The topological polar surface area (TPSA) is 46.3 Å². The summed E-state index contributed by atoms with van der Waals surface area (Å²) in [6.45, 7) is 3.26. The van der Waals surface area contributed by atoms with Crippen LogP contribution in [0.2, 0.25) is 0 Å². The molecule has 2 aromatic rings. The van der Waals surface area contributed by atoms with Crippen molar-refractivity contribution < 1.29 is 9.21 Å². The number of thioether (sulfide) groups is 1. The zero-order valence-electron chi connectivity index (χ0n) is 9.42. The SMILES string of the molecule is CC(=O)SC1CN(c2nc3ccccc3o2)C1. The zero-order valence-corrected chi connectivity index (χ0v) is 10.2. The van der Waals surface area contributed by atoms with E-state index < -0.39 is 0 Å². The highest BCUT2D eigenvalue weighted by Gasteiger charge is 2.31. The van der Waals surface area contributed by atoms with Gasteiger partial charge in [-0.05, 0) is 12.1 Å². The van der Waals surface area contributed by atoms with E-state index >= 15 is 0 Å². The van der Waals surface area contributed by atoms with Gasteiger partial charge in [0.2, 0.25) is 0 Å². The highest BCUT2D eigenvalue weighted by atomic mass is 32.2. The average molecular weight is 248 g/mol. The molecule has 1 aliphatic rings. The summed E-state index contributed by atoms with van der Waals surface area (Å²) in [7, 11) is 0. The van der Waals surface area contributed by atoms with Crippen molar-refractivity contribution in [1.29, 1.82) is 0 Å². The van der Waals surface area contributed by atoms with Gasteiger partial charge < -0.3 is 9.32 Å². The van der Waals surface area contributed by atoms with E-state index in [1.807, 2.05) is 24.3 Å². The highest BCUT2D eigenvalue weighted by molar-refractivity contribution is 8.14. The summed E-state index contributed by atoms with van der Waals surface area (Å²) in [5.74, 6) is 0. The number of rotatable bonds is 2. The summed E-state index contributed by atoms with van der Waals surface area (Å²) in [4.78, 5) is 17.4. The summed E-state index contributed by atoms with van der Waals surface area (Å²) < 4.78 is 5.65. The van der Waals surface area contributed by atoms with Gasteiger partial charge in [-0.25, -0.2) is 0 Å². The van der Waals surface area contributed by atoms with Crippen molar-refractivity contribution >= 4 is 34.0 Å². The summed E-state index contributed by atoms with van der Waals surface area (Å²) in [6.07, 6.45) is 0. The van der Waals surface area contributed by atoms with Gasteiger partial charge in [-0.2, -0.15) is 4.98 Å². The number of carbonyl (C=O) groups excluding carboxylic acids is 1. The molecule has 0 atom stereocenters. The van der Waals surface area contributed by atoms with Crippen molar-refractivity contribution in [3.63, 3.8) is 0 Å². The Kier molecular flexibility index (Phi) is 2.55. The normalized spacial score (nSPS) is 16.2. The van der Waals surface area contributed by atoms with Crippen LogP contribution in [0.3, 0.4) is 0 Å². The zero-order chi connectivity index (χ0) is 11.8. The minimum absolute atomic E-state index is 0.173. The molecule has 0 aliphatic carbocycles. The van der Waals surface area contributed by atoms with Crippen molar-refractivity contribution in [2.45, 2.75) is 12.2 Å². The first-order valence-corrected chi connectivity index (χ1v) is 6.38. The van der Waals surface area contributed by atoms with E-state index in [-0.39, 0.29) is 5.12 Å². The number of hydrogen-bond donors (Lipinski definition) is 0. The lowest BCUT2D eigenvalue weighted by Gasteiger charge is -2.36. The van der Waals surface area contributed by atoms with E-state index in [0.717, 1.165) is 24.2 Å². The molecule has 5 heteroatoms. The van der Waals surface area contributed by atoms with E-state index in [4.69, 9.17) is 4.42 Å². The Hall–Kier alpha value is -1.49. The molecule has 4 nitrogen and oxygen atoms in total. The van der Waals surface area contributed by atoms with Crippen LogP contribution in [0, 0.1) is 0 Å². The van der Waals surface area contributed by atoms with Crippen LogP contribution >= 0.6 is 11.8 Å². The summed E-state index contributed by atoms with van der Waals surface area (Å²) >= 11 is 1.40. The standard InChI is InChI=1S/C12H12N2O2S/c1-8(15)17-9-6-14(7-9)12-13-10-4-2-3-5-11(10)16-12/h2-5,9H,6-7H2,1H3. The van der Waals surface area contributed by atoms with Crippen LogP contribution < -0.4 is 4.90 Å². The molecule has 1 aliphatic heterocycles. The third-order valence-electron chi connectivity index (χ3n) is 2.73. The van der Waals surface area contributed by atoms with Gasteiger partial charge >= 0.3 is 0 Å². The van der Waals surface area contributed by atoms with Gasteiger partial charge in [0, 0.05) is 25.3 Å². The molecule has 0 amide bonds. The fraction of sp³-hybridized carbons (Fsp3) is 0.333.